The molecule has 0 amide bonds. The van der Waals surface area contributed by atoms with E-state index in [0.717, 1.165) is 6.20 Å². The molecule has 1 fully saturated rings. The van der Waals surface area contributed by atoms with E-state index in [-0.39, 0.29) is 11.8 Å². The molecule has 0 aromatic carbocycles. The van der Waals surface area contributed by atoms with Crippen LogP contribution in [0.2, 0.25) is 0 Å². The maximum atomic E-state index is 13.9. The minimum atomic E-state index is -0.457. The molecule has 8 heteroatoms. The Morgan fingerprint density at radius 2 is 2.14 bits per heavy atom. The van der Waals surface area contributed by atoms with Crippen molar-refractivity contribution in [3.05, 3.63) is 42.1 Å². The zero-order valence-electron chi connectivity index (χ0n) is 11.8. The van der Waals surface area contributed by atoms with Crippen molar-refractivity contribution in [2.45, 2.75) is 0 Å². The summed E-state index contributed by atoms with van der Waals surface area (Å²) in [5.74, 6) is 0.0325. The molecular formula is C14H15FN6O. The number of ether oxygens (including phenoxy) is 1. The second-order valence-electron chi connectivity index (χ2n) is 4.59. The summed E-state index contributed by atoms with van der Waals surface area (Å²) < 4.78 is 19.1. The third-order valence-electron chi connectivity index (χ3n) is 3.09. The molecule has 22 heavy (non-hydrogen) atoms. The van der Waals surface area contributed by atoms with Gasteiger partial charge < -0.3 is 9.64 Å². The van der Waals surface area contributed by atoms with Gasteiger partial charge in [-0.05, 0) is 12.1 Å². The van der Waals surface area contributed by atoms with Crippen molar-refractivity contribution in [2.75, 3.05) is 36.6 Å². The first-order valence-electron chi connectivity index (χ1n) is 6.88. The largest absolute Gasteiger partial charge is 0.378 e. The van der Waals surface area contributed by atoms with E-state index >= 15 is 0 Å². The van der Waals surface area contributed by atoms with E-state index in [1.54, 1.807) is 12.4 Å². The maximum Gasteiger partial charge on any atom is 0.245 e. The van der Waals surface area contributed by atoms with Gasteiger partial charge in [0.1, 0.15) is 0 Å². The molecule has 3 heterocycles. The van der Waals surface area contributed by atoms with Gasteiger partial charge in [-0.25, -0.2) is 14.8 Å². The zero-order chi connectivity index (χ0) is 15.2. The number of hydrogen-bond acceptors (Lipinski definition) is 7. The van der Waals surface area contributed by atoms with E-state index in [4.69, 9.17) is 4.74 Å². The average molecular weight is 302 g/mol. The minimum Gasteiger partial charge on any atom is -0.378 e. The molecule has 114 valence electrons. The second-order valence-corrected chi connectivity index (χ2v) is 4.59. The summed E-state index contributed by atoms with van der Waals surface area (Å²) in [6, 6.07) is 5.50. The molecule has 1 aliphatic rings. The van der Waals surface area contributed by atoms with Crippen molar-refractivity contribution >= 4 is 18.0 Å². The Labute approximate surface area is 126 Å². The standard InChI is InChI=1S/C14H15FN6O/c15-12-10-17-14(19-13(12)21-5-7-22-8-6-21)20-18-9-11-3-1-2-4-16-11/h1-4,9-10H,5-8H2,(H,17,19,20). The van der Waals surface area contributed by atoms with Crippen LogP contribution in [0.3, 0.4) is 0 Å². The van der Waals surface area contributed by atoms with E-state index < -0.39 is 5.82 Å². The lowest BCUT2D eigenvalue weighted by Crippen LogP contribution is -2.37. The van der Waals surface area contributed by atoms with Crippen LogP contribution in [0.1, 0.15) is 5.69 Å². The fraction of sp³-hybridized carbons (Fsp3) is 0.286. The number of nitrogens with one attached hydrogen (secondary N) is 1. The first-order chi connectivity index (χ1) is 10.8. The average Bonchev–Trinajstić information content (AvgIpc) is 2.58. The molecule has 2 aromatic rings. The summed E-state index contributed by atoms with van der Waals surface area (Å²) in [6.45, 7) is 2.32. The highest BCUT2D eigenvalue weighted by Gasteiger charge is 2.17. The number of halogens is 1. The van der Waals surface area contributed by atoms with Gasteiger partial charge in [-0.3, -0.25) is 4.98 Å². The summed E-state index contributed by atoms with van der Waals surface area (Å²) in [4.78, 5) is 14.0. The highest BCUT2D eigenvalue weighted by molar-refractivity contribution is 5.77. The summed E-state index contributed by atoms with van der Waals surface area (Å²) in [5.41, 5.74) is 3.38. The molecule has 1 N–H and O–H groups in total. The monoisotopic (exact) mass is 302 g/mol. The van der Waals surface area contributed by atoms with Crippen LogP contribution in [0, 0.1) is 5.82 Å². The van der Waals surface area contributed by atoms with Gasteiger partial charge in [0.05, 0.1) is 31.3 Å². The number of hydrogen-bond donors (Lipinski definition) is 1. The summed E-state index contributed by atoms with van der Waals surface area (Å²) >= 11 is 0. The minimum absolute atomic E-state index is 0.232. The van der Waals surface area contributed by atoms with Crippen molar-refractivity contribution < 1.29 is 9.13 Å². The highest BCUT2D eigenvalue weighted by Crippen LogP contribution is 2.18. The lowest BCUT2D eigenvalue weighted by Gasteiger charge is -2.27. The molecule has 3 rings (SSSR count). The fourth-order valence-corrected chi connectivity index (χ4v) is 2.02. The van der Waals surface area contributed by atoms with E-state index in [1.807, 2.05) is 23.1 Å². The molecule has 0 saturated carbocycles. The van der Waals surface area contributed by atoms with E-state index in [0.29, 0.717) is 32.0 Å². The number of hydrazone groups is 1. The Bertz CT molecular complexity index is 645. The summed E-state index contributed by atoms with van der Waals surface area (Å²) in [7, 11) is 0. The van der Waals surface area contributed by atoms with Crippen LogP contribution in [0.25, 0.3) is 0 Å². The number of aromatic nitrogens is 3. The number of pyridine rings is 1. The van der Waals surface area contributed by atoms with Crippen LogP contribution in [0.4, 0.5) is 16.2 Å². The number of rotatable bonds is 4. The van der Waals surface area contributed by atoms with Crippen molar-refractivity contribution in [2.24, 2.45) is 5.10 Å². The Balaban J connectivity index is 1.70. The predicted octanol–water partition coefficient (Wildman–Crippen LogP) is 1.29. The third-order valence-corrected chi connectivity index (χ3v) is 3.09. The van der Waals surface area contributed by atoms with Gasteiger partial charge in [0.25, 0.3) is 0 Å². The number of morpholine rings is 1. The van der Waals surface area contributed by atoms with Crippen molar-refractivity contribution in [3.8, 4) is 0 Å². The van der Waals surface area contributed by atoms with Crippen LogP contribution in [0.5, 0.6) is 0 Å². The van der Waals surface area contributed by atoms with E-state index in [9.17, 15) is 4.39 Å². The molecule has 0 radical (unpaired) electrons. The fourth-order valence-electron chi connectivity index (χ4n) is 2.02. The zero-order valence-corrected chi connectivity index (χ0v) is 11.8. The number of anilines is 2. The SMILES string of the molecule is Fc1cnc(NN=Cc2ccccn2)nc1N1CCOCC1. The molecule has 7 nitrogen and oxygen atoms in total. The number of nitrogens with zero attached hydrogens (tertiary/aromatic N) is 5. The topological polar surface area (TPSA) is 75.5 Å². The lowest BCUT2D eigenvalue weighted by atomic mass is 10.4. The summed E-state index contributed by atoms with van der Waals surface area (Å²) in [5, 5.41) is 4.00. The molecule has 0 aliphatic carbocycles. The first-order valence-corrected chi connectivity index (χ1v) is 6.88. The van der Waals surface area contributed by atoms with Gasteiger partial charge >= 0.3 is 0 Å². The van der Waals surface area contributed by atoms with Gasteiger partial charge in [-0.2, -0.15) is 10.1 Å². The Hall–Kier alpha value is -2.61. The Kier molecular flexibility index (Phi) is 4.50. The maximum absolute atomic E-state index is 13.9. The van der Waals surface area contributed by atoms with Gasteiger partial charge in [-0.15, -0.1) is 0 Å². The molecule has 0 unspecified atom stereocenters. The van der Waals surface area contributed by atoms with Crippen molar-refractivity contribution in [3.63, 3.8) is 0 Å². The van der Waals surface area contributed by atoms with Crippen LogP contribution < -0.4 is 10.3 Å². The first kappa shape index (κ1) is 14.3. The normalized spacial score (nSPS) is 15.2. The Morgan fingerprint density at radius 1 is 1.27 bits per heavy atom. The molecule has 0 atom stereocenters. The lowest BCUT2D eigenvalue weighted by molar-refractivity contribution is 0.122. The van der Waals surface area contributed by atoms with Crippen molar-refractivity contribution in [1.29, 1.82) is 0 Å². The molecule has 1 saturated heterocycles. The van der Waals surface area contributed by atoms with E-state index in [1.165, 1.54) is 0 Å². The van der Waals surface area contributed by atoms with Gasteiger partial charge in [0.2, 0.25) is 5.95 Å². The van der Waals surface area contributed by atoms with Crippen molar-refractivity contribution in [1.82, 2.24) is 15.0 Å². The van der Waals surface area contributed by atoms with Crippen LogP contribution in [0.15, 0.2) is 35.7 Å². The molecule has 0 spiro atoms. The van der Waals surface area contributed by atoms with E-state index in [2.05, 4.69) is 25.5 Å². The smallest absolute Gasteiger partial charge is 0.245 e. The van der Waals surface area contributed by atoms with Crippen LogP contribution in [-0.4, -0.2) is 47.5 Å². The van der Waals surface area contributed by atoms with Gasteiger partial charge in [0, 0.05) is 19.3 Å². The van der Waals surface area contributed by atoms with Crippen LogP contribution >= 0.6 is 0 Å². The quantitative estimate of drug-likeness (QED) is 0.677. The Morgan fingerprint density at radius 3 is 2.91 bits per heavy atom. The summed E-state index contributed by atoms with van der Waals surface area (Å²) in [6.07, 6.45) is 4.35. The second kappa shape index (κ2) is 6.90. The highest BCUT2D eigenvalue weighted by atomic mass is 19.1. The third kappa shape index (κ3) is 3.53. The molecular weight excluding hydrogens is 287 g/mol. The predicted molar refractivity (Wildman–Crippen MR) is 80.5 cm³/mol. The molecule has 0 bridgehead atoms. The van der Waals surface area contributed by atoms with Gasteiger partial charge in [0.15, 0.2) is 11.6 Å². The van der Waals surface area contributed by atoms with Crippen LogP contribution in [-0.2, 0) is 4.74 Å². The molecule has 1 aliphatic heterocycles. The van der Waals surface area contributed by atoms with Gasteiger partial charge in [-0.1, -0.05) is 6.07 Å². The molecule has 2 aromatic heterocycles.